The van der Waals surface area contributed by atoms with Gasteiger partial charge in [-0.05, 0) is 50.8 Å². The van der Waals surface area contributed by atoms with Gasteiger partial charge >= 0.3 is 6.03 Å². The Labute approximate surface area is 155 Å². The average molecular weight is 361 g/mol. The van der Waals surface area contributed by atoms with Crippen LogP contribution in [0.5, 0.6) is 5.75 Å². The van der Waals surface area contributed by atoms with Gasteiger partial charge in [0, 0.05) is 6.54 Å². The predicted octanol–water partition coefficient (Wildman–Crippen LogP) is 2.89. The molecule has 1 aliphatic carbocycles. The van der Waals surface area contributed by atoms with Gasteiger partial charge in [-0.25, -0.2) is 4.79 Å². The maximum absolute atomic E-state index is 12.3. The van der Waals surface area contributed by atoms with Gasteiger partial charge in [-0.2, -0.15) is 0 Å². The zero-order valence-electron chi connectivity index (χ0n) is 15.8. The molecule has 0 heterocycles. The summed E-state index contributed by atoms with van der Waals surface area (Å²) in [6.07, 6.45) is 6.01. The van der Waals surface area contributed by atoms with Crippen molar-refractivity contribution in [1.29, 1.82) is 0 Å². The Hall–Kier alpha value is -2.24. The van der Waals surface area contributed by atoms with E-state index in [0.717, 1.165) is 37.0 Å². The highest BCUT2D eigenvalue weighted by atomic mass is 16.5. The quantitative estimate of drug-likeness (QED) is 0.652. The molecule has 0 atom stereocenters. The van der Waals surface area contributed by atoms with E-state index in [1.54, 1.807) is 0 Å². The van der Waals surface area contributed by atoms with E-state index in [1.165, 1.54) is 0 Å². The van der Waals surface area contributed by atoms with E-state index in [0.29, 0.717) is 25.8 Å². The Balaban J connectivity index is 1.85. The van der Waals surface area contributed by atoms with Gasteiger partial charge in [-0.15, -0.1) is 0 Å². The Morgan fingerprint density at radius 2 is 1.88 bits per heavy atom. The van der Waals surface area contributed by atoms with Crippen LogP contribution in [0.25, 0.3) is 0 Å². The summed E-state index contributed by atoms with van der Waals surface area (Å²) >= 11 is 0. The fourth-order valence-electron chi connectivity index (χ4n) is 3.39. The summed E-state index contributed by atoms with van der Waals surface area (Å²) in [5.41, 5.74) is 5.78. The molecule has 1 aromatic rings. The second kappa shape index (κ2) is 9.46. The van der Waals surface area contributed by atoms with Crippen molar-refractivity contribution >= 4 is 11.9 Å². The Morgan fingerprint density at radius 1 is 1.19 bits per heavy atom. The first-order chi connectivity index (χ1) is 12.4. The predicted molar refractivity (Wildman–Crippen MR) is 102 cm³/mol. The zero-order chi connectivity index (χ0) is 19.0. The number of ether oxygens (including phenoxy) is 1. The molecule has 0 aromatic heterocycles. The molecule has 0 bridgehead atoms. The molecule has 0 saturated heterocycles. The monoisotopic (exact) mass is 361 g/mol. The molecule has 1 aliphatic rings. The molecule has 0 radical (unpaired) electrons. The standard InChI is InChI=1S/C20H31N3O3/c1-15(2)26-17-9-7-8-16(14-17)10-13-22-19(25)23-20(18(21)24)11-5-3-4-6-12-20/h7-9,14-15H,3-6,10-13H2,1-2H3,(H2,21,24)(H2,22,23,25). The third-order valence-corrected chi connectivity index (χ3v) is 4.75. The minimum absolute atomic E-state index is 0.124. The molecule has 0 aliphatic heterocycles. The van der Waals surface area contributed by atoms with Crippen molar-refractivity contribution in [2.75, 3.05) is 6.54 Å². The van der Waals surface area contributed by atoms with Crippen LogP contribution in [0.1, 0.15) is 57.9 Å². The van der Waals surface area contributed by atoms with Crippen LogP contribution in [-0.4, -0.2) is 30.1 Å². The second-order valence-electron chi connectivity index (χ2n) is 7.31. The van der Waals surface area contributed by atoms with Crippen LogP contribution < -0.4 is 21.1 Å². The molecule has 0 spiro atoms. The van der Waals surface area contributed by atoms with Crippen molar-refractivity contribution in [1.82, 2.24) is 10.6 Å². The van der Waals surface area contributed by atoms with Crippen LogP contribution in [0.2, 0.25) is 0 Å². The number of amides is 3. The van der Waals surface area contributed by atoms with Gasteiger partial charge in [0.1, 0.15) is 11.3 Å². The molecular weight excluding hydrogens is 330 g/mol. The van der Waals surface area contributed by atoms with Gasteiger partial charge in [-0.3, -0.25) is 4.79 Å². The molecule has 26 heavy (non-hydrogen) atoms. The summed E-state index contributed by atoms with van der Waals surface area (Å²) < 4.78 is 5.68. The summed E-state index contributed by atoms with van der Waals surface area (Å²) in [4.78, 5) is 24.2. The Bertz CT molecular complexity index is 608. The van der Waals surface area contributed by atoms with E-state index < -0.39 is 11.4 Å². The van der Waals surface area contributed by atoms with Crippen molar-refractivity contribution in [3.63, 3.8) is 0 Å². The third-order valence-electron chi connectivity index (χ3n) is 4.75. The second-order valence-corrected chi connectivity index (χ2v) is 7.31. The molecule has 1 fully saturated rings. The highest BCUT2D eigenvalue weighted by molar-refractivity contribution is 5.89. The van der Waals surface area contributed by atoms with Crippen molar-refractivity contribution < 1.29 is 14.3 Å². The number of carbonyl (C=O) groups is 2. The van der Waals surface area contributed by atoms with Gasteiger partial charge < -0.3 is 21.1 Å². The summed E-state index contributed by atoms with van der Waals surface area (Å²) in [6, 6.07) is 7.52. The smallest absolute Gasteiger partial charge is 0.315 e. The van der Waals surface area contributed by atoms with Gasteiger partial charge in [0.2, 0.25) is 5.91 Å². The zero-order valence-corrected chi connectivity index (χ0v) is 15.8. The molecule has 6 nitrogen and oxygen atoms in total. The number of primary amides is 1. The van der Waals surface area contributed by atoms with Gasteiger partial charge in [0.25, 0.3) is 0 Å². The molecule has 4 N–H and O–H groups in total. The van der Waals surface area contributed by atoms with Crippen LogP contribution >= 0.6 is 0 Å². The van der Waals surface area contributed by atoms with Crippen LogP contribution in [0, 0.1) is 0 Å². The molecule has 1 saturated carbocycles. The van der Waals surface area contributed by atoms with Crippen LogP contribution in [0.3, 0.4) is 0 Å². The van der Waals surface area contributed by atoms with Crippen molar-refractivity contribution in [2.24, 2.45) is 5.73 Å². The Kier molecular flexibility index (Phi) is 7.30. The van der Waals surface area contributed by atoms with E-state index in [1.807, 2.05) is 38.1 Å². The normalized spacial score (nSPS) is 16.6. The highest BCUT2D eigenvalue weighted by Crippen LogP contribution is 2.26. The van der Waals surface area contributed by atoms with Crippen molar-refractivity contribution in [2.45, 2.75) is 70.4 Å². The lowest BCUT2D eigenvalue weighted by atomic mass is 9.89. The van der Waals surface area contributed by atoms with Gasteiger partial charge in [0.05, 0.1) is 6.10 Å². The molecule has 1 aromatic carbocycles. The lowest BCUT2D eigenvalue weighted by Gasteiger charge is -2.30. The van der Waals surface area contributed by atoms with E-state index in [2.05, 4.69) is 10.6 Å². The fraction of sp³-hybridized carbons (Fsp3) is 0.600. The number of carbonyl (C=O) groups excluding carboxylic acids is 2. The SMILES string of the molecule is CC(C)Oc1cccc(CCNC(=O)NC2(C(N)=O)CCCCCC2)c1. The largest absolute Gasteiger partial charge is 0.491 e. The summed E-state index contributed by atoms with van der Waals surface area (Å²) in [7, 11) is 0. The Morgan fingerprint density at radius 3 is 2.50 bits per heavy atom. The summed E-state index contributed by atoms with van der Waals surface area (Å²) in [5, 5.41) is 5.69. The van der Waals surface area contributed by atoms with Crippen LogP contribution in [0.15, 0.2) is 24.3 Å². The highest BCUT2D eigenvalue weighted by Gasteiger charge is 2.38. The number of rotatable bonds is 7. The van der Waals surface area contributed by atoms with E-state index in [4.69, 9.17) is 10.5 Å². The first-order valence-electron chi connectivity index (χ1n) is 9.53. The number of urea groups is 1. The molecule has 6 heteroatoms. The van der Waals surface area contributed by atoms with Gasteiger partial charge in [-0.1, -0.05) is 37.8 Å². The molecule has 0 unspecified atom stereocenters. The summed E-state index contributed by atoms with van der Waals surface area (Å²) in [6.45, 7) is 4.45. The van der Waals surface area contributed by atoms with Crippen LogP contribution in [-0.2, 0) is 11.2 Å². The van der Waals surface area contributed by atoms with E-state index in [9.17, 15) is 9.59 Å². The molecule has 2 rings (SSSR count). The molecule has 3 amide bonds. The van der Waals surface area contributed by atoms with Crippen molar-refractivity contribution in [3.8, 4) is 5.75 Å². The minimum Gasteiger partial charge on any atom is -0.491 e. The number of nitrogens with two attached hydrogens (primary N) is 1. The maximum atomic E-state index is 12.3. The minimum atomic E-state index is -0.911. The summed E-state index contributed by atoms with van der Waals surface area (Å²) in [5.74, 6) is 0.390. The van der Waals surface area contributed by atoms with Crippen molar-refractivity contribution in [3.05, 3.63) is 29.8 Å². The number of nitrogens with one attached hydrogen (secondary N) is 2. The topological polar surface area (TPSA) is 93.4 Å². The lowest BCUT2D eigenvalue weighted by molar-refractivity contribution is -0.124. The first kappa shape index (κ1) is 20.1. The number of hydrogen-bond donors (Lipinski definition) is 3. The third kappa shape index (κ3) is 5.93. The van der Waals surface area contributed by atoms with Gasteiger partial charge in [0.15, 0.2) is 0 Å². The fourth-order valence-corrected chi connectivity index (χ4v) is 3.39. The lowest BCUT2D eigenvalue weighted by Crippen LogP contribution is -2.59. The molecular formula is C20H31N3O3. The number of hydrogen-bond acceptors (Lipinski definition) is 3. The first-order valence-corrected chi connectivity index (χ1v) is 9.53. The van der Waals surface area contributed by atoms with E-state index in [-0.39, 0.29) is 12.1 Å². The van der Waals surface area contributed by atoms with Crippen LogP contribution in [0.4, 0.5) is 4.79 Å². The van der Waals surface area contributed by atoms with E-state index >= 15 is 0 Å². The average Bonchev–Trinajstić information content (AvgIpc) is 2.81. The molecule has 144 valence electrons. The number of benzene rings is 1. The maximum Gasteiger partial charge on any atom is 0.315 e.